The number of hydrogen-bond donors (Lipinski definition) is 3. The fourth-order valence-corrected chi connectivity index (χ4v) is 3.75. The van der Waals surface area contributed by atoms with Crippen LogP contribution in [0, 0.1) is 0 Å². The minimum absolute atomic E-state index is 0.0727. The number of nitrogens with two attached hydrogens (primary N) is 1. The van der Waals surface area contributed by atoms with Crippen LogP contribution >= 0.6 is 11.3 Å². The molecule has 4 rings (SSSR count). The van der Waals surface area contributed by atoms with E-state index in [-0.39, 0.29) is 11.9 Å². The number of carbonyl (C=O) groups excluding carboxylic acids is 1. The molecule has 2 aliphatic carbocycles. The zero-order chi connectivity index (χ0) is 14.4. The smallest absolute Gasteiger partial charge is 0.265 e. The first-order valence-corrected chi connectivity index (χ1v) is 8.58. The zero-order valence-electron chi connectivity index (χ0n) is 12.0. The van der Waals surface area contributed by atoms with E-state index in [1.807, 2.05) is 0 Å². The Morgan fingerprint density at radius 2 is 2.05 bits per heavy atom. The molecule has 2 saturated carbocycles. The minimum Gasteiger partial charge on any atom is -0.382 e. The van der Waals surface area contributed by atoms with Gasteiger partial charge in [-0.05, 0) is 32.1 Å². The first-order valence-electron chi connectivity index (χ1n) is 7.77. The second kappa shape index (κ2) is 5.14. The number of nitrogen functional groups attached to an aromatic ring is 1. The molecule has 0 spiro atoms. The topological polar surface area (TPSA) is 83.3 Å². The molecule has 0 aromatic carbocycles. The van der Waals surface area contributed by atoms with Crippen molar-refractivity contribution in [2.45, 2.75) is 50.2 Å². The van der Waals surface area contributed by atoms with Crippen LogP contribution in [0.2, 0.25) is 0 Å². The second-order valence-electron chi connectivity index (χ2n) is 6.34. The Kier molecular flexibility index (Phi) is 3.26. The Balaban J connectivity index is 1.36. The van der Waals surface area contributed by atoms with Crippen LogP contribution in [-0.4, -0.2) is 47.0 Å². The molecule has 0 bridgehead atoms. The second-order valence-corrected chi connectivity index (χ2v) is 7.34. The summed E-state index contributed by atoms with van der Waals surface area (Å²) in [4.78, 5) is 19.6. The van der Waals surface area contributed by atoms with Crippen LogP contribution in [0.5, 0.6) is 0 Å². The number of likely N-dealkylation sites (tertiary alicyclic amines) is 1. The monoisotopic (exact) mass is 307 g/mol. The molecule has 1 atom stereocenters. The van der Waals surface area contributed by atoms with Gasteiger partial charge in [-0.1, -0.05) is 11.3 Å². The van der Waals surface area contributed by atoms with E-state index in [0.717, 1.165) is 30.7 Å². The van der Waals surface area contributed by atoms with Crippen LogP contribution in [-0.2, 0) is 0 Å². The van der Waals surface area contributed by atoms with Crippen LogP contribution in [0.15, 0.2) is 0 Å². The summed E-state index contributed by atoms with van der Waals surface area (Å²) >= 11 is 1.37. The first-order chi connectivity index (χ1) is 10.2. The van der Waals surface area contributed by atoms with E-state index in [0.29, 0.717) is 16.7 Å². The molecule has 4 N–H and O–H groups in total. The van der Waals surface area contributed by atoms with E-state index in [9.17, 15) is 4.79 Å². The van der Waals surface area contributed by atoms with Crippen molar-refractivity contribution in [3.05, 3.63) is 4.88 Å². The van der Waals surface area contributed by atoms with Gasteiger partial charge in [-0.15, -0.1) is 0 Å². The Bertz CT molecular complexity index is 552. The van der Waals surface area contributed by atoms with Crippen molar-refractivity contribution in [1.29, 1.82) is 0 Å². The van der Waals surface area contributed by atoms with Gasteiger partial charge >= 0.3 is 0 Å². The third-order valence-electron chi connectivity index (χ3n) is 4.38. The largest absolute Gasteiger partial charge is 0.382 e. The highest BCUT2D eigenvalue weighted by molar-refractivity contribution is 7.18. The molecule has 1 saturated heterocycles. The predicted molar refractivity (Wildman–Crippen MR) is 83.6 cm³/mol. The van der Waals surface area contributed by atoms with Crippen LogP contribution < -0.4 is 16.4 Å². The van der Waals surface area contributed by atoms with Crippen LogP contribution in [0.4, 0.5) is 10.9 Å². The summed E-state index contributed by atoms with van der Waals surface area (Å²) in [7, 11) is 0. The summed E-state index contributed by atoms with van der Waals surface area (Å²) in [5.74, 6) is 0.272. The van der Waals surface area contributed by atoms with Gasteiger partial charge in [0, 0.05) is 31.2 Å². The van der Waals surface area contributed by atoms with E-state index in [2.05, 4.69) is 20.5 Å². The molecule has 1 aromatic rings. The van der Waals surface area contributed by atoms with Crippen LogP contribution in [0.25, 0.3) is 0 Å². The summed E-state index contributed by atoms with van der Waals surface area (Å²) < 4.78 is 0. The zero-order valence-corrected chi connectivity index (χ0v) is 12.8. The van der Waals surface area contributed by atoms with Gasteiger partial charge in [-0.3, -0.25) is 9.69 Å². The molecule has 1 amide bonds. The van der Waals surface area contributed by atoms with E-state index >= 15 is 0 Å². The van der Waals surface area contributed by atoms with Crippen molar-refractivity contribution >= 4 is 28.2 Å². The van der Waals surface area contributed by atoms with Gasteiger partial charge in [0.05, 0.1) is 0 Å². The Hall–Kier alpha value is -1.34. The van der Waals surface area contributed by atoms with Gasteiger partial charge in [-0.25, -0.2) is 4.98 Å². The third kappa shape index (κ3) is 2.98. The lowest BCUT2D eigenvalue weighted by atomic mass is 10.2. The summed E-state index contributed by atoms with van der Waals surface area (Å²) in [6.45, 7) is 2.07. The summed E-state index contributed by atoms with van der Waals surface area (Å²) in [6, 6.07) is 1.54. The van der Waals surface area contributed by atoms with Crippen molar-refractivity contribution in [3.8, 4) is 0 Å². The molecule has 6 nitrogen and oxygen atoms in total. The molecule has 7 heteroatoms. The van der Waals surface area contributed by atoms with Gasteiger partial charge in [0.25, 0.3) is 5.91 Å². The normalized spacial score (nSPS) is 26.0. The lowest BCUT2D eigenvalue weighted by molar-refractivity contribution is 0.0942. The number of carbonyl (C=O) groups is 1. The number of thiazole rings is 1. The highest BCUT2D eigenvalue weighted by Crippen LogP contribution is 2.32. The number of nitrogens with zero attached hydrogens (tertiary/aromatic N) is 2. The number of nitrogens with one attached hydrogen (secondary N) is 2. The van der Waals surface area contributed by atoms with Gasteiger partial charge in [-0.2, -0.15) is 0 Å². The van der Waals surface area contributed by atoms with E-state index in [1.54, 1.807) is 0 Å². The average molecular weight is 307 g/mol. The van der Waals surface area contributed by atoms with Gasteiger partial charge in [0.15, 0.2) is 5.13 Å². The van der Waals surface area contributed by atoms with Gasteiger partial charge in [0.2, 0.25) is 0 Å². The molecule has 2 heterocycles. The molecular weight excluding hydrogens is 286 g/mol. The molecule has 1 aromatic heterocycles. The Morgan fingerprint density at radius 3 is 2.76 bits per heavy atom. The van der Waals surface area contributed by atoms with Crippen molar-refractivity contribution in [1.82, 2.24) is 15.2 Å². The van der Waals surface area contributed by atoms with Crippen LogP contribution in [0.1, 0.15) is 41.8 Å². The molecule has 3 fully saturated rings. The predicted octanol–water partition coefficient (Wildman–Crippen LogP) is 1.27. The van der Waals surface area contributed by atoms with E-state index in [1.165, 1.54) is 37.0 Å². The van der Waals surface area contributed by atoms with Crippen molar-refractivity contribution in [2.24, 2.45) is 0 Å². The first kappa shape index (κ1) is 13.3. The van der Waals surface area contributed by atoms with Crippen molar-refractivity contribution in [3.63, 3.8) is 0 Å². The lowest BCUT2D eigenvalue weighted by Gasteiger charge is -2.15. The molecule has 3 aliphatic rings. The molecule has 1 aliphatic heterocycles. The number of anilines is 2. The number of rotatable bonds is 5. The average Bonchev–Trinajstić information content (AvgIpc) is 3.36. The highest BCUT2D eigenvalue weighted by Gasteiger charge is 2.35. The van der Waals surface area contributed by atoms with Gasteiger partial charge < -0.3 is 16.4 Å². The maximum Gasteiger partial charge on any atom is 0.265 e. The van der Waals surface area contributed by atoms with Crippen molar-refractivity contribution < 1.29 is 4.79 Å². The fourth-order valence-electron chi connectivity index (χ4n) is 2.89. The van der Waals surface area contributed by atoms with Gasteiger partial charge in [0.1, 0.15) is 10.7 Å². The van der Waals surface area contributed by atoms with E-state index < -0.39 is 0 Å². The molecular formula is C14H21N5OS. The number of amides is 1. The van der Waals surface area contributed by atoms with Crippen LogP contribution in [0.3, 0.4) is 0 Å². The molecule has 0 radical (unpaired) electrons. The number of aromatic nitrogens is 1. The lowest BCUT2D eigenvalue weighted by Crippen LogP contribution is -2.37. The summed E-state index contributed by atoms with van der Waals surface area (Å²) in [5, 5.41) is 7.18. The van der Waals surface area contributed by atoms with E-state index in [4.69, 9.17) is 5.73 Å². The quantitative estimate of drug-likeness (QED) is 0.763. The maximum atomic E-state index is 12.4. The Morgan fingerprint density at radius 1 is 1.24 bits per heavy atom. The standard InChI is InChI=1S/C14H21N5OS/c15-12-11(21-14(18-12)17-8-1-2-8)13(20)16-9-5-6-19(7-9)10-3-4-10/h8-10H,1-7,15H2,(H,16,20)(H,17,18). The third-order valence-corrected chi connectivity index (χ3v) is 5.38. The Labute approximate surface area is 128 Å². The highest BCUT2D eigenvalue weighted by atomic mass is 32.1. The summed E-state index contributed by atoms with van der Waals surface area (Å²) in [5.41, 5.74) is 5.89. The molecule has 1 unspecified atom stereocenters. The molecule has 21 heavy (non-hydrogen) atoms. The fraction of sp³-hybridized carbons (Fsp3) is 0.714. The summed E-state index contributed by atoms with van der Waals surface area (Å²) in [6.07, 6.45) is 6.03. The SMILES string of the molecule is Nc1nc(NC2CC2)sc1C(=O)NC1CCN(C2CC2)C1. The van der Waals surface area contributed by atoms with Crippen molar-refractivity contribution in [2.75, 3.05) is 24.1 Å². The minimum atomic E-state index is -0.0727. The maximum absolute atomic E-state index is 12.4. The molecule has 114 valence electrons. The number of hydrogen-bond acceptors (Lipinski definition) is 6.